The van der Waals surface area contributed by atoms with E-state index < -0.39 is 0 Å². The lowest BCUT2D eigenvalue weighted by atomic mass is 9.96. The van der Waals surface area contributed by atoms with Crippen molar-refractivity contribution in [1.82, 2.24) is 10.2 Å². The van der Waals surface area contributed by atoms with Crippen LogP contribution in [0, 0.1) is 5.92 Å². The molecule has 0 atom stereocenters. The molecule has 0 unspecified atom stereocenters. The number of anilines is 1. The molecule has 0 bridgehead atoms. The van der Waals surface area contributed by atoms with Crippen LogP contribution < -0.4 is 10.6 Å². The Kier molecular flexibility index (Phi) is 6.05. The van der Waals surface area contributed by atoms with Crippen LogP contribution in [0.3, 0.4) is 0 Å². The summed E-state index contributed by atoms with van der Waals surface area (Å²) in [5, 5.41) is 6.18. The molecule has 0 spiro atoms. The van der Waals surface area contributed by atoms with Gasteiger partial charge >= 0.3 is 0 Å². The minimum Gasteiger partial charge on any atom is -0.376 e. The lowest BCUT2D eigenvalue weighted by Crippen LogP contribution is -2.42. The van der Waals surface area contributed by atoms with Crippen molar-refractivity contribution in [2.45, 2.75) is 32.7 Å². The summed E-state index contributed by atoms with van der Waals surface area (Å²) < 4.78 is 0. The number of piperidine rings is 1. The summed E-state index contributed by atoms with van der Waals surface area (Å²) in [6.45, 7) is 7.95. The molecule has 1 heterocycles. The summed E-state index contributed by atoms with van der Waals surface area (Å²) >= 11 is 0. The van der Waals surface area contributed by atoms with Gasteiger partial charge in [-0.05, 0) is 57.8 Å². The second-order valence-electron chi connectivity index (χ2n) is 6.10. The van der Waals surface area contributed by atoms with Crippen molar-refractivity contribution in [2.75, 3.05) is 31.5 Å². The van der Waals surface area contributed by atoms with Gasteiger partial charge in [0, 0.05) is 18.3 Å². The topological polar surface area (TPSA) is 44.4 Å². The molecule has 0 aliphatic carbocycles. The number of hydrogen-bond acceptors (Lipinski definition) is 3. The van der Waals surface area contributed by atoms with Crippen LogP contribution in [0.2, 0.25) is 0 Å². The molecule has 116 valence electrons. The van der Waals surface area contributed by atoms with E-state index in [9.17, 15) is 4.79 Å². The number of rotatable bonds is 6. The van der Waals surface area contributed by atoms with Gasteiger partial charge in [-0.3, -0.25) is 4.79 Å². The van der Waals surface area contributed by atoms with Gasteiger partial charge in [-0.25, -0.2) is 0 Å². The summed E-state index contributed by atoms with van der Waals surface area (Å²) in [5.74, 6) is 0.700. The van der Waals surface area contributed by atoms with Crippen LogP contribution in [0.4, 0.5) is 5.69 Å². The van der Waals surface area contributed by atoms with Crippen molar-refractivity contribution in [2.24, 2.45) is 5.92 Å². The van der Waals surface area contributed by atoms with Crippen molar-refractivity contribution < 1.29 is 4.79 Å². The molecular formula is C17H27N3O. The molecule has 4 nitrogen and oxygen atoms in total. The number of likely N-dealkylation sites (tertiary alicyclic amines) is 1. The summed E-state index contributed by atoms with van der Waals surface area (Å²) in [4.78, 5) is 14.4. The largest absolute Gasteiger partial charge is 0.376 e. The molecule has 1 fully saturated rings. The number of amides is 1. The highest BCUT2D eigenvalue weighted by Crippen LogP contribution is 2.17. The van der Waals surface area contributed by atoms with Gasteiger partial charge in [0.2, 0.25) is 5.91 Å². The van der Waals surface area contributed by atoms with E-state index in [2.05, 4.69) is 29.4 Å². The molecule has 21 heavy (non-hydrogen) atoms. The van der Waals surface area contributed by atoms with E-state index in [0.29, 0.717) is 18.5 Å². The average molecular weight is 289 g/mol. The first-order valence-corrected chi connectivity index (χ1v) is 7.95. The lowest BCUT2D eigenvalue weighted by molar-refractivity contribution is -0.119. The molecule has 2 rings (SSSR count). The second kappa shape index (κ2) is 8.03. The molecule has 2 N–H and O–H groups in total. The normalized spacial score (nSPS) is 16.9. The predicted molar refractivity (Wildman–Crippen MR) is 87.4 cm³/mol. The van der Waals surface area contributed by atoms with Gasteiger partial charge in [0.25, 0.3) is 0 Å². The summed E-state index contributed by atoms with van der Waals surface area (Å²) in [6, 6.07) is 10.5. The van der Waals surface area contributed by atoms with Crippen molar-refractivity contribution in [3.05, 3.63) is 30.3 Å². The minimum absolute atomic E-state index is 0.0742. The highest BCUT2D eigenvalue weighted by Gasteiger charge is 2.20. The minimum atomic E-state index is 0.0742. The van der Waals surface area contributed by atoms with Gasteiger partial charge in [0.15, 0.2) is 0 Å². The molecule has 1 aromatic rings. The van der Waals surface area contributed by atoms with Gasteiger partial charge in [-0.15, -0.1) is 0 Å². The monoisotopic (exact) mass is 289 g/mol. The SMILES string of the molecule is CC(C)N1CCC(CNC(=O)CNc2ccccc2)CC1. The molecule has 1 aliphatic rings. The van der Waals surface area contributed by atoms with E-state index in [0.717, 1.165) is 25.3 Å². The molecule has 1 aromatic carbocycles. The maximum atomic E-state index is 11.8. The zero-order valence-electron chi connectivity index (χ0n) is 13.1. The van der Waals surface area contributed by atoms with Crippen molar-refractivity contribution in [3.8, 4) is 0 Å². The van der Waals surface area contributed by atoms with Crippen molar-refractivity contribution in [3.63, 3.8) is 0 Å². The number of benzene rings is 1. The Morgan fingerprint density at radius 3 is 2.52 bits per heavy atom. The van der Waals surface area contributed by atoms with E-state index in [1.807, 2.05) is 30.3 Å². The number of carbonyl (C=O) groups excluding carboxylic acids is 1. The number of hydrogen-bond donors (Lipinski definition) is 2. The Balaban J connectivity index is 1.61. The smallest absolute Gasteiger partial charge is 0.239 e. The fraction of sp³-hybridized carbons (Fsp3) is 0.588. The highest BCUT2D eigenvalue weighted by molar-refractivity contribution is 5.80. The van der Waals surface area contributed by atoms with Gasteiger partial charge in [-0.1, -0.05) is 18.2 Å². The van der Waals surface area contributed by atoms with Crippen molar-refractivity contribution in [1.29, 1.82) is 0 Å². The summed E-state index contributed by atoms with van der Waals surface area (Å²) in [6.07, 6.45) is 2.37. The molecule has 4 heteroatoms. The van der Waals surface area contributed by atoms with Crippen LogP contribution >= 0.6 is 0 Å². The Morgan fingerprint density at radius 1 is 1.24 bits per heavy atom. The summed E-state index contributed by atoms with van der Waals surface area (Å²) in [5.41, 5.74) is 0.984. The van der Waals surface area contributed by atoms with Crippen LogP contribution in [-0.2, 0) is 4.79 Å². The van der Waals surface area contributed by atoms with E-state index >= 15 is 0 Å². The lowest BCUT2D eigenvalue weighted by Gasteiger charge is -2.34. The molecule has 1 aliphatic heterocycles. The van der Waals surface area contributed by atoms with Crippen molar-refractivity contribution >= 4 is 11.6 Å². The van der Waals surface area contributed by atoms with Gasteiger partial charge in [0.05, 0.1) is 6.54 Å². The van der Waals surface area contributed by atoms with E-state index in [1.165, 1.54) is 12.8 Å². The van der Waals surface area contributed by atoms with Gasteiger partial charge < -0.3 is 15.5 Å². The maximum Gasteiger partial charge on any atom is 0.239 e. The zero-order chi connectivity index (χ0) is 15.1. The standard InChI is InChI=1S/C17H27N3O/c1-14(2)20-10-8-15(9-11-20)12-19-17(21)13-18-16-6-4-3-5-7-16/h3-7,14-15,18H,8-13H2,1-2H3,(H,19,21). The van der Waals surface area contributed by atoms with E-state index in [-0.39, 0.29) is 5.91 Å². The molecule has 0 radical (unpaired) electrons. The fourth-order valence-corrected chi connectivity index (χ4v) is 2.73. The second-order valence-corrected chi connectivity index (χ2v) is 6.10. The molecule has 1 saturated heterocycles. The van der Waals surface area contributed by atoms with E-state index in [4.69, 9.17) is 0 Å². The van der Waals surface area contributed by atoms with Crippen LogP contribution in [-0.4, -0.2) is 43.0 Å². The maximum absolute atomic E-state index is 11.8. The Hall–Kier alpha value is -1.55. The predicted octanol–water partition coefficient (Wildman–Crippen LogP) is 2.34. The third-order valence-electron chi connectivity index (χ3n) is 4.19. The van der Waals surface area contributed by atoms with Gasteiger partial charge in [0.1, 0.15) is 0 Å². The Morgan fingerprint density at radius 2 is 1.90 bits per heavy atom. The zero-order valence-corrected chi connectivity index (χ0v) is 13.1. The van der Waals surface area contributed by atoms with Crippen LogP contribution in [0.15, 0.2) is 30.3 Å². The number of carbonyl (C=O) groups is 1. The quantitative estimate of drug-likeness (QED) is 0.845. The van der Waals surface area contributed by atoms with E-state index in [1.54, 1.807) is 0 Å². The molecule has 0 saturated carbocycles. The average Bonchev–Trinajstić information content (AvgIpc) is 2.52. The molecule has 0 aromatic heterocycles. The first kappa shape index (κ1) is 15.8. The van der Waals surface area contributed by atoms with Crippen LogP contribution in [0.1, 0.15) is 26.7 Å². The number of nitrogens with zero attached hydrogens (tertiary/aromatic N) is 1. The van der Waals surface area contributed by atoms with Gasteiger partial charge in [-0.2, -0.15) is 0 Å². The third-order valence-corrected chi connectivity index (χ3v) is 4.19. The van der Waals surface area contributed by atoms with Crippen LogP contribution in [0.25, 0.3) is 0 Å². The number of nitrogens with one attached hydrogen (secondary N) is 2. The fourth-order valence-electron chi connectivity index (χ4n) is 2.73. The Labute approximate surface area is 127 Å². The third kappa shape index (κ3) is 5.38. The molecule has 1 amide bonds. The molecular weight excluding hydrogens is 262 g/mol. The Bertz CT molecular complexity index is 425. The number of para-hydroxylation sites is 1. The first-order chi connectivity index (χ1) is 10.1. The summed E-state index contributed by atoms with van der Waals surface area (Å²) in [7, 11) is 0. The first-order valence-electron chi connectivity index (χ1n) is 7.95. The highest BCUT2D eigenvalue weighted by atomic mass is 16.1. The van der Waals surface area contributed by atoms with Crippen LogP contribution in [0.5, 0.6) is 0 Å².